The number of hydrogen-bond acceptors (Lipinski definition) is 3. The van der Waals surface area contributed by atoms with E-state index >= 15 is 0 Å². The first-order valence-corrected chi connectivity index (χ1v) is 6.28. The second-order valence-corrected chi connectivity index (χ2v) is 4.72. The predicted octanol–water partition coefficient (Wildman–Crippen LogP) is 3.95. The molecule has 0 bridgehead atoms. The lowest BCUT2D eigenvalue weighted by atomic mass is 10.1. The van der Waals surface area contributed by atoms with Gasteiger partial charge in [0.25, 0.3) is 11.6 Å². The van der Waals surface area contributed by atoms with Gasteiger partial charge in [-0.1, -0.05) is 23.7 Å². The SMILES string of the molecule is Cc1ccc(NC(=O)c2c(F)cccc2Cl)cc1[N+](=O)[O-]. The Morgan fingerprint density at radius 1 is 1.33 bits per heavy atom. The molecule has 7 heteroatoms. The van der Waals surface area contributed by atoms with Crippen molar-refractivity contribution in [3.63, 3.8) is 0 Å². The van der Waals surface area contributed by atoms with Gasteiger partial charge >= 0.3 is 0 Å². The Morgan fingerprint density at radius 2 is 2.05 bits per heavy atom. The second kappa shape index (κ2) is 5.88. The van der Waals surface area contributed by atoms with Crippen LogP contribution < -0.4 is 5.32 Å². The maximum Gasteiger partial charge on any atom is 0.274 e. The number of aryl methyl sites for hydroxylation is 1. The molecule has 21 heavy (non-hydrogen) atoms. The van der Waals surface area contributed by atoms with Gasteiger partial charge < -0.3 is 5.32 Å². The molecule has 2 aromatic rings. The molecule has 0 heterocycles. The summed E-state index contributed by atoms with van der Waals surface area (Å²) in [6.45, 7) is 1.58. The number of nitro benzene ring substituents is 1. The van der Waals surface area contributed by atoms with Crippen molar-refractivity contribution in [2.24, 2.45) is 0 Å². The number of amides is 1. The normalized spacial score (nSPS) is 10.2. The van der Waals surface area contributed by atoms with Gasteiger partial charge in [-0.3, -0.25) is 14.9 Å². The van der Waals surface area contributed by atoms with Crippen LogP contribution >= 0.6 is 11.6 Å². The smallest absolute Gasteiger partial charge is 0.274 e. The van der Waals surface area contributed by atoms with Crippen molar-refractivity contribution >= 4 is 28.9 Å². The van der Waals surface area contributed by atoms with E-state index in [0.29, 0.717) is 5.56 Å². The van der Waals surface area contributed by atoms with E-state index in [4.69, 9.17) is 11.6 Å². The molecule has 0 radical (unpaired) electrons. The molecule has 0 saturated carbocycles. The number of nitrogens with one attached hydrogen (secondary N) is 1. The first-order chi connectivity index (χ1) is 9.90. The first-order valence-electron chi connectivity index (χ1n) is 5.90. The van der Waals surface area contributed by atoms with Crippen molar-refractivity contribution in [2.45, 2.75) is 6.92 Å². The van der Waals surface area contributed by atoms with Crippen LogP contribution in [0.5, 0.6) is 0 Å². The molecule has 0 aliphatic rings. The Balaban J connectivity index is 2.32. The summed E-state index contributed by atoms with van der Waals surface area (Å²) in [5.41, 5.74) is 0.216. The molecule has 0 aliphatic carbocycles. The van der Waals surface area contributed by atoms with Crippen LogP contribution in [0.25, 0.3) is 0 Å². The molecular formula is C14H10ClFN2O3. The maximum atomic E-state index is 13.6. The summed E-state index contributed by atoms with van der Waals surface area (Å²) >= 11 is 5.79. The van der Waals surface area contributed by atoms with Gasteiger partial charge in [-0.15, -0.1) is 0 Å². The highest BCUT2D eigenvalue weighted by Crippen LogP contribution is 2.24. The monoisotopic (exact) mass is 308 g/mol. The number of anilines is 1. The van der Waals surface area contributed by atoms with Crippen LogP contribution in [0.15, 0.2) is 36.4 Å². The minimum atomic E-state index is -0.767. The number of nitrogens with zero attached hydrogens (tertiary/aromatic N) is 1. The van der Waals surface area contributed by atoms with Gasteiger partial charge in [0, 0.05) is 17.3 Å². The molecule has 0 atom stereocenters. The molecule has 5 nitrogen and oxygen atoms in total. The Bertz CT molecular complexity index is 714. The summed E-state index contributed by atoms with van der Waals surface area (Å²) < 4.78 is 13.6. The van der Waals surface area contributed by atoms with Crippen LogP contribution in [-0.2, 0) is 0 Å². The number of hydrogen-bond donors (Lipinski definition) is 1. The average Bonchev–Trinajstić information content (AvgIpc) is 2.40. The van der Waals surface area contributed by atoms with Crippen molar-refractivity contribution in [1.29, 1.82) is 0 Å². The van der Waals surface area contributed by atoms with Crippen molar-refractivity contribution in [1.82, 2.24) is 0 Å². The van der Waals surface area contributed by atoms with E-state index in [-0.39, 0.29) is 22.0 Å². The number of carbonyl (C=O) groups is 1. The Morgan fingerprint density at radius 3 is 2.67 bits per heavy atom. The van der Waals surface area contributed by atoms with Crippen LogP contribution in [0.4, 0.5) is 15.8 Å². The summed E-state index contributed by atoms with van der Waals surface area (Å²) in [5, 5.41) is 13.2. The highest BCUT2D eigenvalue weighted by Gasteiger charge is 2.17. The number of carbonyl (C=O) groups excluding carboxylic acids is 1. The fraction of sp³-hybridized carbons (Fsp3) is 0.0714. The van der Waals surface area contributed by atoms with Crippen molar-refractivity contribution < 1.29 is 14.1 Å². The third kappa shape index (κ3) is 3.17. The van der Waals surface area contributed by atoms with Crippen molar-refractivity contribution in [2.75, 3.05) is 5.32 Å². The Hall–Kier alpha value is -2.47. The largest absolute Gasteiger partial charge is 0.322 e. The summed E-state index contributed by atoms with van der Waals surface area (Å²) in [5.74, 6) is -1.53. The van der Waals surface area contributed by atoms with E-state index in [9.17, 15) is 19.3 Å². The molecule has 0 aromatic heterocycles. The van der Waals surface area contributed by atoms with E-state index in [1.807, 2.05) is 0 Å². The highest BCUT2D eigenvalue weighted by molar-refractivity contribution is 6.34. The zero-order valence-corrected chi connectivity index (χ0v) is 11.6. The standard InChI is InChI=1S/C14H10ClFN2O3/c1-8-5-6-9(7-12(8)18(20)21)17-14(19)13-10(15)3-2-4-11(13)16/h2-7H,1H3,(H,17,19). The van der Waals surface area contributed by atoms with Crippen LogP contribution in [0.1, 0.15) is 15.9 Å². The van der Waals surface area contributed by atoms with E-state index in [0.717, 1.165) is 6.07 Å². The number of nitro groups is 1. The van der Waals surface area contributed by atoms with E-state index in [2.05, 4.69) is 5.32 Å². The molecule has 0 aliphatic heterocycles. The minimum Gasteiger partial charge on any atom is -0.322 e. The molecule has 2 aromatic carbocycles. The van der Waals surface area contributed by atoms with Gasteiger partial charge in [0.15, 0.2) is 0 Å². The van der Waals surface area contributed by atoms with Crippen LogP contribution in [0.3, 0.4) is 0 Å². The summed E-state index contributed by atoms with van der Waals surface area (Å²) in [4.78, 5) is 22.3. The molecule has 0 fully saturated rings. The lowest BCUT2D eigenvalue weighted by Crippen LogP contribution is -2.14. The average molecular weight is 309 g/mol. The highest BCUT2D eigenvalue weighted by atomic mass is 35.5. The topological polar surface area (TPSA) is 72.2 Å². The number of benzene rings is 2. The number of rotatable bonds is 3. The molecule has 2 rings (SSSR count). The van der Waals surface area contributed by atoms with Crippen molar-refractivity contribution in [3.05, 3.63) is 68.5 Å². The maximum absolute atomic E-state index is 13.6. The zero-order chi connectivity index (χ0) is 15.6. The zero-order valence-electron chi connectivity index (χ0n) is 10.9. The summed E-state index contributed by atoms with van der Waals surface area (Å²) in [6.07, 6.45) is 0. The van der Waals surface area contributed by atoms with Gasteiger partial charge in [-0.05, 0) is 25.1 Å². The van der Waals surface area contributed by atoms with Crippen molar-refractivity contribution in [3.8, 4) is 0 Å². The second-order valence-electron chi connectivity index (χ2n) is 4.31. The van der Waals surface area contributed by atoms with Gasteiger partial charge in [0.2, 0.25) is 0 Å². The van der Waals surface area contributed by atoms with E-state index in [1.54, 1.807) is 6.92 Å². The third-order valence-electron chi connectivity index (χ3n) is 2.85. The molecule has 1 amide bonds. The van der Waals surface area contributed by atoms with Gasteiger partial charge in [0.05, 0.1) is 15.5 Å². The molecule has 108 valence electrons. The Labute approximate surface area is 124 Å². The summed E-state index contributed by atoms with van der Waals surface area (Å²) in [7, 11) is 0. The van der Waals surface area contributed by atoms with Gasteiger partial charge in [0.1, 0.15) is 5.82 Å². The molecular weight excluding hydrogens is 299 g/mol. The molecule has 0 spiro atoms. The first kappa shape index (κ1) is 14.9. The lowest BCUT2D eigenvalue weighted by Gasteiger charge is -2.08. The van der Waals surface area contributed by atoms with Gasteiger partial charge in [-0.25, -0.2) is 4.39 Å². The molecule has 1 N–H and O–H groups in total. The van der Waals surface area contributed by atoms with E-state index in [1.165, 1.54) is 30.3 Å². The van der Waals surface area contributed by atoms with E-state index < -0.39 is 16.6 Å². The van der Waals surface area contributed by atoms with Crippen LogP contribution in [0, 0.1) is 22.9 Å². The fourth-order valence-electron chi connectivity index (χ4n) is 1.79. The van der Waals surface area contributed by atoms with Crippen LogP contribution in [0.2, 0.25) is 5.02 Å². The third-order valence-corrected chi connectivity index (χ3v) is 3.17. The predicted molar refractivity (Wildman–Crippen MR) is 77.2 cm³/mol. The summed E-state index contributed by atoms with van der Waals surface area (Å²) in [6, 6.07) is 8.08. The van der Waals surface area contributed by atoms with Gasteiger partial charge in [-0.2, -0.15) is 0 Å². The lowest BCUT2D eigenvalue weighted by molar-refractivity contribution is -0.385. The fourth-order valence-corrected chi connectivity index (χ4v) is 2.04. The quantitative estimate of drug-likeness (QED) is 0.689. The minimum absolute atomic E-state index is 0.0332. The Kier molecular flexibility index (Phi) is 4.18. The number of halogens is 2. The molecule has 0 saturated heterocycles. The molecule has 0 unspecified atom stereocenters. The van der Waals surface area contributed by atoms with Crippen LogP contribution in [-0.4, -0.2) is 10.8 Å².